The van der Waals surface area contributed by atoms with Crippen molar-refractivity contribution in [3.8, 4) is 0 Å². The van der Waals surface area contributed by atoms with Crippen molar-refractivity contribution in [2.45, 2.75) is 13.8 Å². The maximum atomic E-state index is 5.97. The summed E-state index contributed by atoms with van der Waals surface area (Å²) in [5.41, 5.74) is 3.38. The molecule has 0 aliphatic rings. The van der Waals surface area contributed by atoms with E-state index in [4.69, 9.17) is 7.85 Å². The lowest BCUT2D eigenvalue weighted by Gasteiger charge is -2.07. The van der Waals surface area contributed by atoms with Crippen molar-refractivity contribution in [2.24, 2.45) is 0 Å². The third kappa shape index (κ3) is 1.14. The zero-order valence-electron chi connectivity index (χ0n) is 9.10. The highest BCUT2D eigenvalue weighted by atomic mass is 15.2. The van der Waals surface area contributed by atoms with Crippen LogP contribution in [0.1, 0.15) is 11.4 Å². The molecular weight excluding hydrogens is 199 g/mol. The minimum absolute atomic E-state index is 0.684. The van der Waals surface area contributed by atoms with Gasteiger partial charge in [-0.2, -0.15) is 0 Å². The highest BCUT2D eigenvalue weighted by Crippen LogP contribution is 2.17. The van der Waals surface area contributed by atoms with Gasteiger partial charge in [0.2, 0.25) is 0 Å². The van der Waals surface area contributed by atoms with Crippen molar-refractivity contribution in [2.75, 3.05) is 0 Å². The van der Waals surface area contributed by atoms with Gasteiger partial charge in [-0.3, -0.25) is 4.40 Å². The Morgan fingerprint density at radius 2 is 2.06 bits per heavy atom. The maximum Gasteiger partial charge on any atom is 0.171 e. The first kappa shape index (κ1) is 9.33. The van der Waals surface area contributed by atoms with Crippen LogP contribution >= 0.6 is 0 Å². The quantitative estimate of drug-likeness (QED) is 0.510. The average Bonchev–Trinajstić information content (AvgIpc) is 2.69. The Labute approximate surface area is 93.7 Å². The molecule has 0 bridgehead atoms. The van der Waals surface area contributed by atoms with Crippen LogP contribution in [0.5, 0.6) is 0 Å². The van der Waals surface area contributed by atoms with E-state index in [0.717, 1.165) is 27.9 Å². The molecule has 0 spiro atoms. The predicted octanol–water partition coefficient (Wildman–Crippen LogP) is 0.688. The van der Waals surface area contributed by atoms with Crippen molar-refractivity contribution in [3.05, 3.63) is 29.8 Å². The fraction of sp³-hybridized carbons (Fsp3) is 0.182. The largest absolute Gasteiger partial charge is 0.269 e. The first-order valence-electron chi connectivity index (χ1n) is 5.03. The lowest BCUT2D eigenvalue weighted by molar-refractivity contribution is 1.00. The third-order valence-electron chi connectivity index (χ3n) is 2.69. The van der Waals surface area contributed by atoms with Crippen LogP contribution in [0, 0.1) is 13.8 Å². The Morgan fingerprint density at radius 1 is 1.25 bits per heavy atom. The summed E-state index contributed by atoms with van der Waals surface area (Å²) in [7, 11) is 5.97. The number of nitrogens with zero attached hydrogens (tertiary/aromatic N) is 4. The Bertz CT molecular complexity index is 702. The monoisotopic (exact) mass is 208 g/mol. The van der Waals surface area contributed by atoms with Gasteiger partial charge in [-0.1, -0.05) is 17.1 Å². The lowest BCUT2D eigenvalue weighted by Crippen LogP contribution is -2.09. The summed E-state index contributed by atoms with van der Waals surface area (Å²) < 4.78 is 1.86. The van der Waals surface area contributed by atoms with Crippen molar-refractivity contribution < 1.29 is 0 Å². The van der Waals surface area contributed by atoms with Crippen LogP contribution in [0.2, 0.25) is 0 Å². The SMILES string of the molecule is [B]c1cc(C)cc2c1nc(C)n1cnnc21. The fourth-order valence-electron chi connectivity index (χ4n) is 1.97. The number of aromatic nitrogens is 4. The molecule has 0 saturated heterocycles. The van der Waals surface area contributed by atoms with Crippen LogP contribution in [-0.4, -0.2) is 27.4 Å². The van der Waals surface area contributed by atoms with E-state index in [-0.39, 0.29) is 0 Å². The second kappa shape index (κ2) is 3.04. The molecule has 0 aliphatic heterocycles. The molecule has 0 unspecified atom stereocenters. The van der Waals surface area contributed by atoms with Crippen LogP contribution in [-0.2, 0) is 0 Å². The molecule has 2 radical (unpaired) electrons. The molecule has 3 aromatic rings. The summed E-state index contributed by atoms with van der Waals surface area (Å²) >= 11 is 0. The highest BCUT2D eigenvalue weighted by Gasteiger charge is 2.08. The van der Waals surface area contributed by atoms with E-state index in [9.17, 15) is 0 Å². The Morgan fingerprint density at radius 3 is 2.88 bits per heavy atom. The molecule has 0 fully saturated rings. The van der Waals surface area contributed by atoms with Crippen molar-refractivity contribution >= 4 is 29.9 Å². The van der Waals surface area contributed by atoms with E-state index >= 15 is 0 Å². The highest BCUT2D eigenvalue weighted by molar-refractivity contribution is 6.38. The summed E-state index contributed by atoms with van der Waals surface area (Å²) in [4.78, 5) is 4.47. The molecule has 0 N–H and O–H groups in total. The first-order chi connectivity index (χ1) is 7.66. The topological polar surface area (TPSA) is 43.1 Å². The normalized spacial score (nSPS) is 11.4. The average molecular weight is 208 g/mol. The minimum atomic E-state index is 0.684. The molecule has 2 heterocycles. The first-order valence-corrected chi connectivity index (χ1v) is 5.03. The van der Waals surface area contributed by atoms with E-state index in [1.807, 2.05) is 30.4 Å². The zero-order chi connectivity index (χ0) is 11.3. The summed E-state index contributed by atoms with van der Waals surface area (Å²) in [5, 5.41) is 8.96. The molecule has 1 aromatic carbocycles. The van der Waals surface area contributed by atoms with Crippen molar-refractivity contribution in [1.82, 2.24) is 19.6 Å². The van der Waals surface area contributed by atoms with Gasteiger partial charge >= 0.3 is 0 Å². The smallest absolute Gasteiger partial charge is 0.171 e. The minimum Gasteiger partial charge on any atom is -0.269 e. The Hall–Kier alpha value is -1.91. The fourth-order valence-corrected chi connectivity index (χ4v) is 1.97. The summed E-state index contributed by atoms with van der Waals surface area (Å²) in [5.74, 6) is 0.836. The van der Waals surface area contributed by atoms with Gasteiger partial charge in [0.05, 0.1) is 5.52 Å². The molecule has 3 rings (SSSR count). The Kier molecular flexibility index (Phi) is 1.77. The molecular formula is C11H9BN4. The molecule has 5 heteroatoms. The van der Waals surface area contributed by atoms with Crippen LogP contribution in [0.15, 0.2) is 18.5 Å². The van der Waals surface area contributed by atoms with E-state index in [2.05, 4.69) is 15.2 Å². The zero-order valence-corrected chi connectivity index (χ0v) is 9.10. The maximum absolute atomic E-state index is 5.97. The molecule has 0 aliphatic carbocycles. The second-order valence-corrected chi connectivity index (χ2v) is 3.93. The van der Waals surface area contributed by atoms with Gasteiger partial charge in [0.1, 0.15) is 20.0 Å². The third-order valence-corrected chi connectivity index (χ3v) is 2.69. The predicted molar refractivity (Wildman–Crippen MR) is 63.2 cm³/mol. The van der Waals surface area contributed by atoms with Crippen LogP contribution in [0.3, 0.4) is 0 Å². The van der Waals surface area contributed by atoms with E-state index < -0.39 is 0 Å². The molecule has 2 aromatic heterocycles. The molecule has 0 atom stereocenters. The summed E-state index contributed by atoms with van der Waals surface area (Å²) in [6.07, 6.45) is 1.66. The van der Waals surface area contributed by atoms with Gasteiger partial charge in [0.25, 0.3) is 0 Å². The van der Waals surface area contributed by atoms with Gasteiger partial charge in [0.15, 0.2) is 5.65 Å². The van der Waals surface area contributed by atoms with E-state index in [1.165, 1.54) is 0 Å². The van der Waals surface area contributed by atoms with Gasteiger partial charge in [-0.25, -0.2) is 4.98 Å². The van der Waals surface area contributed by atoms with Crippen LogP contribution in [0.4, 0.5) is 0 Å². The summed E-state index contributed by atoms with van der Waals surface area (Å²) in [6.45, 7) is 3.91. The number of hydrogen-bond acceptors (Lipinski definition) is 3. The number of aryl methyl sites for hydroxylation is 2. The van der Waals surface area contributed by atoms with Crippen molar-refractivity contribution in [3.63, 3.8) is 0 Å². The Balaban J connectivity index is 2.64. The van der Waals surface area contributed by atoms with Gasteiger partial charge < -0.3 is 0 Å². The summed E-state index contributed by atoms with van der Waals surface area (Å²) in [6, 6.07) is 3.95. The van der Waals surface area contributed by atoms with Crippen LogP contribution in [0.25, 0.3) is 16.6 Å². The van der Waals surface area contributed by atoms with Crippen molar-refractivity contribution in [1.29, 1.82) is 0 Å². The van der Waals surface area contributed by atoms with Gasteiger partial charge in [-0.15, -0.1) is 10.2 Å². The standard InChI is InChI=1S/C11H9BN4/c1-6-3-8-10(9(12)4-6)14-7(2)16-5-13-15-11(8)16/h3-5H,1-2H3. The lowest BCUT2D eigenvalue weighted by atomic mass is 9.91. The molecule has 16 heavy (non-hydrogen) atoms. The molecule has 0 amide bonds. The van der Waals surface area contributed by atoms with E-state index in [0.29, 0.717) is 5.46 Å². The van der Waals surface area contributed by atoms with Gasteiger partial charge in [-0.05, 0) is 19.9 Å². The van der Waals surface area contributed by atoms with E-state index in [1.54, 1.807) is 6.33 Å². The number of fused-ring (bicyclic) bond motifs is 3. The molecule has 0 saturated carbocycles. The number of hydrogen-bond donors (Lipinski definition) is 0. The van der Waals surface area contributed by atoms with Crippen LogP contribution < -0.4 is 5.46 Å². The van der Waals surface area contributed by atoms with Gasteiger partial charge in [0, 0.05) is 5.39 Å². The number of rotatable bonds is 0. The number of benzene rings is 1. The molecule has 76 valence electrons. The molecule has 4 nitrogen and oxygen atoms in total. The second-order valence-electron chi connectivity index (χ2n) is 3.93.